The predicted octanol–water partition coefficient (Wildman–Crippen LogP) is 6.49. The van der Waals surface area contributed by atoms with E-state index in [1.165, 1.54) is 6.07 Å². The molecule has 0 spiro atoms. The Morgan fingerprint density at radius 3 is 2.61 bits per heavy atom. The lowest BCUT2D eigenvalue weighted by molar-refractivity contribution is 0.265. The zero-order valence-electron chi connectivity index (χ0n) is 14.1. The first-order valence-electron chi connectivity index (χ1n) is 8.11. The molecule has 5 nitrogen and oxygen atoms in total. The van der Waals surface area contributed by atoms with Crippen molar-refractivity contribution in [2.75, 3.05) is 0 Å². The number of hydrogen-bond donors (Lipinski definition) is 2. The van der Waals surface area contributed by atoms with Crippen LogP contribution in [0, 0.1) is 0 Å². The zero-order chi connectivity index (χ0) is 19.7. The molecule has 0 atom stereocenters. The number of phenolic OH excluding ortho intramolecular Hbond substituents is 1. The predicted molar refractivity (Wildman–Crippen MR) is 113 cm³/mol. The molecule has 0 radical (unpaired) electrons. The fourth-order valence-electron chi connectivity index (χ4n) is 2.62. The summed E-state index contributed by atoms with van der Waals surface area (Å²) >= 11 is 13.1. The molecule has 4 rings (SSSR count). The molecule has 0 aliphatic carbocycles. The van der Waals surface area contributed by atoms with Crippen molar-refractivity contribution in [3.63, 3.8) is 0 Å². The van der Waals surface area contributed by atoms with E-state index in [0.717, 1.165) is 17.3 Å². The second kappa shape index (κ2) is 7.75. The normalized spacial score (nSPS) is 16.7. The third-order valence-corrected chi connectivity index (χ3v) is 5.03. The molecule has 28 heavy (non-hydrogen) atoms. The summed E-state index contributed by atoms with van der Waals surface area (Å²) in [5.74, 6) is 1.64. The van der Waals surface area contributed by atoms with Crippen molar-refractivity contribution in [3.8, 4) is 17.1 Å². The van der Waals surface area contributed by atoms with Crippen LogP contribution in [0.1, 0.15) is 5.76 Å². The van der Waals surface area contributed by atoms with Crippen LogP contribution < -0.4 is 5.32 Å². The summed E-state index contributed by atoms with van der Waals surface area (Å²) in [5, 5.41) is 13.1. The molecule has 1 aliphatic heterocycles. The average molecular weight is 431 g/mol. The highest BCUT2D eigenvalue weighted by molar-refractivity contribution is 8.18. The molecule has 1 saturated heterocycles. The molecule has 140 valence electrons. The standard InChI is InChI=1S/C20H12Cl2N2O3S/c21-12-6-11(7-13(22)8-12)17-5-4-16(27-17)10-18-19(24-20(26)28-18)23-14-2-1-3-15(25)9-14/h1-10,25H,(H,23,24,26)/b18-10-. The first-order valence-corrected chi connectivity index (χ1v) is 9.68. The Balaban J connectivity index is 1.66. The molecule has 0 saturated carbocycles. The van der Waals surface area contributed by atoms with Gasteiger partial charge in [0.15, 0.2) is 0 Å². The van der Waals surface area contributed by atoms with Crippen molar-refractivity contribution in [1.82, 2.24) is 5.32 Å². The number of thioether (sulfide) groups is 1. The van der Waals surface area contributed by atoms with Gasteiger partial charge < -0.3 is 14.8 Å². The molecule has 1 aromatic heterocycles. The zero-order valence-corrected chi connectivity index (χ0v) is 16.5. The van der Waals surface area contributed by atoms with Gasteiger partial charge in [-0.05, 0) is 60.3 Å². The van der Waals surface area contributed by atoms with Crippen LogP contribution in [-0.2, 0) is 0 Å². The van der Waals surface area contributed by atoms with E-state index >= 15 is 0 Å². The second-order valence-corrected chi connectivity index (χ2v) is 7.75. The van der Waals surface area contributed by atoms with Gasteiger partial charge in [-0.1, -0.05) is 29.3 Å². The van der Waals surface area contributed by atoms with Crippen LogP contribution in [-0.4, -0.2) is 16.2 Å². The molecule has 1 aliphatic rings. The number of nitrogens with zero attached hydrogens (tertiary/aromatic N) is 1. The van der Waals surface area contributed by atoms with Crippen molar-refractivity contribution in [1.29, 1.82) is 0 Å². The summed E-state index contributed by atoms with van der Waals surface area (Å²) in [6.45, 7) is 0. The number of carbonyl (C=O) groups is 1. The smallest absolute Gasteiger partial charge is 0.289 e. The number of aliphatic imine (C=N–C) groups is 1. The first kappa shape index (κ1) is 18.7. The number of rotatable bonds is 3. The lowest BCUT2D eigenvalue weighted by atomic mass is 10.2. The highest BCUT2D eigenvalue weighted by Crippen LogP contribution is 2.32. The highest BCUT2D eigenvalue weighted by Gasteiger charge is 2.24. The maximum atomic E-state index is 11.8. The molecule has 0 unspecified atom stereocenters. The molecule has 2 aromatic carbocycles. The molecule has 1 fully saturated rings. The van der Waals surface area contributed by atoms with E-state index in [2.05, 4.69) is 10.3 Å². The lowest BCUT2D eigenvalue weighted by Gasteiger charge is -2.00. The first-order chi connectivity index (χ1) is 13.5. The number of carbonyl (C=O) groups excluding carboxylic acids is 1. The van der Waals surface area contributed by atoms with Gasteiger partial charge in [-0.3, -0.25) is 4.79 Å². The molecular weight excluding hydrogens is 419 g/mol. The van der Waals surface area contributed by atoms with Gasteiger partial charge >= 0.3 is 0 Å². The summed E-state index contributed by atoms with van der Waals surface area (Å²) in [4.78, 5) is 16.8. The Labute approximate surface area is 174 Å². The summed E-state index contributed by atoms with van der Waals surface area (Å²) in [6.07, 6.45) is 1.72. The number of phenols is 1. The van der Waals surface area contributed by atoms with Gasteiger partial charge in [-0.15, -0.1) is 0 Å². The van der Waals surface area contributed by atoms with Crippen molar-refractivity contribution < 1.29 is 14.3 Å². The van der Waals surface area contributed by atoms with Crippen molar-refractivity contribution in [3.05, 3.63) is 75.3 Å². The van der Waals surface area contributed by atoms with Crippen molar-refractivity contribution >= 4 is 57.8 Å². The molecular formula is C20H12Cl2N2O3S. The van der Waals surface area contributed by atoms with E-state index in [1.807, 2.05) is 0 Å². The topological polar surface area (TPSA) is 74.8 Å². The van der Waals surface area contributed by atoms with Gasteiger partial charge in [-0.25, -0.2) is 4.99 Å². The van der Waals surface area contributed by atoms with Gasteiger partial charge in [0, 0.05) is 21.7 Å². The van der Waals surface area contributed by atoms with E-state index in [9.17, 15) is 9.90 Å². The summed E-state index contributed by atoms with van der Waals surface area (Å²) < 4.78 is 5.85. The number of amidine groups is 1. The van der Waals surface area contributed by atoms with Gasteiger partial charge in [0.1, 0.15) is 23.1 Å². The number of furan rings is 1. The Bertz CT molecular complexity index is 1120. The van der Waals surface area contributed by atoms with Crippen LogP contribution in [0.5, 0.6) is 5.75 Å². The summed E-state index contributed by atoms with van der Waals surface area (Å²) in [6, 6.07) is 15.2. The molecule has 2 heterocycles. The Morgan fingerprint density at radius 2 is 1.86 bits per heavy atom. The minimum absolute atomic E-state index is 0.0974. The SMILES string of the molecule is O=C1NC(=Nc2cccc(O)c2)/C(=C/c2ccc(-c3cc(Cl)cc(Cl)c3)o2)S1. The van der Waals surface area contributed by atoms with Crippen LogP contribution >= 0.6 is 35.0 Å². The molecule has 1 amide bonds. The van der Waals surface area contributed by atoms with Crippen molar-refractivity contribution in [2.24, 2.45) is 4.99 Å². The fraction of sp³-hybridized carbons (Fsp3) is 0. The lowest BCUT2D eigenvalue weighted by Crippen LogP contribution is -2.18. The number of benzene rings is 2. The van der Waals surface area contributed by atoms with Crippen LogP contribution in [0.15, 0.2) is 68.9 Å². The van der Waals surface area contributed by atoms with Crippen LogP contribution in [0.2, 0.25) is 10.0 Å². The highest BCUT2D eigenvalue weighted by atomic mass is 35.5. The van der Waals surface area contributed by atoms with E-state index in [4.69, 9.17) is 27.6 Å². The Hall–Kier alpha value is -2.67. The molecule has 8 heteroatoms. The molecule has 2 N–H and O–H groups in total. The maximum absolute atomic E-state index is 11.8. The Kier molecular flexibility index (Phi) is 5.17. The van der Waals surface area contributed by atoms with Crippen LogP contribution in [0.4, 0.5) is 10.5 Å². The van der Waals surface area contributed by atoms with Gasteiger partial charge in [0.2, 0.25) is 0 Å². The summed E-state index contributed by atoms with van der Waals surface area (Å²) in [7, 11) is 0. The Morgan fingerprint density at radius 1 is 1.07 bits per heavy atom. The van der Waals surface area contributed by atoms with Gasteiger partial charge in [-0.2, -0.15) is 0 Å². The van der Waals surface area contributed by atoms with E-state index in [1.54, 1.807) is 54.6 Å². The second-order valence-electron chi connectivity index (χ2n) is 5.86. The number of nitrogens with one attached hydrogen (secondary N) is 1. The average Bonchev–Trinajstić information content (AvgIpc) is 3.21. The van der Waals surface area contributed by atoms with E-state index in [0.29, 0.717) is 38.0 Å². The number of amides is 1. The summed E-state index contributed by atoms with van der Waals surface area (Å²) in [5.41, 5.74) is 1.28. The van der Waals surface area contributed by atoms with Crippen LogP contribution in [0.25, 0.3) is 17.4 Å². The third kappa shape index (κ3) is 4.25. The largest absolute Gasteiger partial charge is 0.508 e. The van der Waals surface area contributed by atoms with Gasteiger partial charge in [0.05, 0.1) is 10.6 Å². The minimum Gasteiger partial charge on any atom is -0.508 e. The molecule has 3 aromatic rings. The monoisotopic (exact) mass is 430 g/mol. The maximum Gasteiger partial charge on any atom is 0.289 e. The van der Waals surface area contributed by atoms with Crippen LogP contribution in [0.3, 0.4) is 0 Å². The number of aromatic hydroxyl groups is 1. The van der Waals surface area contributed by atoms with E-state index < -0.39 is 0 Å². The van der Waals surface area contributed by atoms with Gasteiger partial charge in [0.25, 0.3) is 5.24 Å². The van der Waals surface area contributed by atoms with E-state index in [-0.39, 0.29) is 11.0 Å². The van der Waals surface area contributed by atoms with Crippen molar-refractivity contribution in [2.45, 2.75) is 0 Å². The number of halogens is 2. The third-order valence-electron chi connectivity index (χ3n) is 3.77. The number of hydrogen-bond acceptors (Lipinski definition) is 5. The molecule has 0 bridgehead atoms. The quantitative estimate of drug-likeness (QED) is 0.497. The fourth-order valence-corrected chi connectivity index (χ4v) is 3.86. The minimum atomic E-state index is -0.237.